The van der Waals surface area contributed by atoms with E-state index in [-0.39, 0.29) is 19.0 Å². The summed E-state index contributed by atoms with van der Waals surface area (Å²) in [6.07, 6.45) is 5.49. The quantitative estimate of drug-likeness (QED) is 0.488. The van der Waals surface area contributed by atoms with E-state index < -0.39 is 18.1 Å². The molecule has 0 spiro atoms. The van der Waals surface area contributed by atoms with Crippen molar-refractivity contribution in [3.63, 3.8) is 0 Å². The number of benzene rings is 2. The van der Waals surface area contributed by atoms with Crippen molar-refractivity contribution in [1.82, 2.24) is 5.32 Å². The zero-order valence-corrected chi connectivity index (χ0v) is 17.8. The lowest BCUT2D eigenvalue weighted by atomic mass is 9.84. The van der Waals surface area contributed by atoms with Gasteiger partial charge in [-0.1, -0.05) is 73.9 Å². The Kier molecular flexibility index (Phi) is 8.21. The Morgan fingerprint density at radius 1 is 0.935 bits per heavy atom. The van der Waals surface area contributed by atoms with Crippen molar-refractivity contribution < 1.29 is 23.9 Å². The molecule has 1 fully saturated rings. The fourth-order valence-corrected chi connectivity index (χ4v) is 3.72. The highest BCUT2D eigenvalue weighted by atomic mass is 16.6. The summed E-state index contributed by atoms with van der Waals surface area (Å²) in [5, 5.41) is 2.41. The zero-order valence-electron chi connectivity index (χ0n) is 17.8. The van der Waals surface area contributed by atoms with Gasteiger partial charge in [-0.3, -0.25) is 4.79 Å². The molecule has 2 aromatic carbocycles. The Morgan fingerprint density at radius 2 is 1.61 bits per heavy atom. The van der Waals surface area contributed by atoms with E-state index in [0.29, 0.717) is 11.5 Å². The number of ether oxygens (including phenoxy) is 2. The molecule has 0 heterocycles. The SMILES string of the molecule is C[C@H](NC(=O)OCc1ccccc1)C(=O)OCC(=O)c1ccc(C2CCCCC2)cc1. The summed E-state index contributed by atoms with van der Waals surface area (Å²) in [7, 11) is 0. The van der Waals surface area contributed by atoms with Gasteiger partial charge in [-0.15, -0.1) is 0 Å². The highest BCUT2D eigenvalue weighted by Gasteiger charge is 2.20. The summed E-state index contributed by atoms with van der Waals surface area (Å²) in [5.74, 6) is -0.393. The largest absolute Gasteiger partial charge is 0.456 e. The molecule has 6 heteroatoms. The minimum atomic E-state index is -0.926. The number of carbonyl (C=O) groups is 3. The van der Waals surface area contributed by atoms with Gasteiger partial charge in [-0.05, 0) is 36.8 Å². The number of hydrogen-bond donors (Lipinski definition) is 1. The number of esters is 1. The van der Waals surface area contributed by atoms with Crippen molar-refractivity contribution in [3.8, 4) is 0 Å². The van der Waals surface area contributed by atoms with Crippen molar-refractivity contribution in [3.05, 3.63) is 71.3 Å². The second-order valence-corrected chi connectivity index (χ2v) is 7.92. The molecule has 0 radical (unpaired) electrons. The molecule has 1 saturated carbocycles. The Balaban J connectivity index is 1.40. The smallest absolute Gasteiger partial charge is 0.408 e. The first-order valence-electron chi connectivity index (χ1n) is 10.8. The molecular formula is C25H29NO5. The Labute approximate surface area is 182 Å². The van der Waals surface area contributed by atoms with E-state index >= 15 is 0 Å². The second-order valence-electron chi connectivity index (χ2n) is 7.92. The van der Waals surface area contributed by atoms with E-state index in [2.05, 4.69) is 5.32 Å². The fraction of sp³-hybridized carbons (Fsp3) is 0.400. The van der Waals surface area contributed by atoms with Crippen LogP contribution in [0.5, 0.6) is 0 Å². The maximum Gasteiger partial charge on any atom is 0.408 e. The van der Waals surface area contributed by atoms with Gasteiger partial charge in [0.05, 0.1) is 0 Å². The van der Waals surface area contributed by atoms with Crippen molar-refractivity contribution >= 4 is 17.8 Å². The monoisotopic (exact) mass is 423 g/mol. The molecule has 0 bridgehead atoms. The van der Waals surface area contributed by atoms with Crippen LogP contribution < -0.4 is 5.32 Å². The normalized spacial score (nSPS) is 15.0. The molecule has 0 aromatic heterocycles. The van der Waals surface area contributed by atoms with Gasteiger partial charge in [0.25, 0.3) is 0 Å². The second kappa shape index (κ2) is 11.3. The molecule has 1 N–H and O–H groups in total. The number of amides is 1. The lowest BCUT2D eigenvalue weighted by molar-refractivity contribution is -0.144. The molecule has 2 aromatic rings. The third-order valence-electron chi connectivity index (χ3n) is 5.56. The van der Waals surface area contributed by atoms with Crippen LogP contribution in [-0.4, -0.2) is 30.5 Å². The van der Waals surface area contributed by atoms with Crippen LogP contribution in [0.25, 0.3) is 0 Å². The van der Waals surface area contributed by atoms with Gasteiger partial charge in [0.1, 0.15) is 12.6 Å². The molecule has 0 saturated heterocycles. The highest BCUT2D eigenvalue weighted by molar-refractivity contribution is 5.98. The number of carbonyl (C=O) groups excluding carboxylic acids is 3. The van der Waals surface area contributed by atoms with E-state index in [1.807, 2.05) is 42.5 Å². The standard InChI is InChI=1S/C25H29NO5/c1-18(26-25(29)31-16-19-8-4-2-5-9-19)24(28)30-17-23(27)22-14-12-21(13-15-22)20-10-6-3-7-11-20/h2,4-5,8-9,12-15,18,20H,3,6-7,10-11,16-17H2,1H3,(H,26,29)/t18-/m0/s1. The molecule has 1 atom stereocenters. The average Bonchev–Trinajstić information content (AvgIpc) is 2.82. The maximum atomic E-state index is 12.4. The Bertz CT molecular complexity index is 873. The van der Waals surface area contributed by atoms with Gasteiger partial charge in [0, 0.05) is 5.56 Å². The van der Waals surface area contributed by atoms with Crippen LogP contribution in [0.3, 0.4) is 0 Å². The van der Waals surface area contributed by atoms with Crippen LogP contribution in [0.4, 0.5) is 4.79 Å². The molecule has 0 unspecified atom stereocenters. The molecular weight excluding hydrogens is 394 g/mol. The predicted molar refractivity (Wildman–Crippen MR) is 117 cm³/mol. The lowest BCUT2D eigenvalue weighted by Crippen LogP contribution is -2.40. The summed E-state index contributed by atoms with van der Waals surface area (Å²) in [6, 6.07) is 15.9. The Morgan fingerprint density at radius 3 is 2.29 bits per heavy atom. The number of hydrogen-bond acceptors (Lipinski definition) is 5. The number of rotatable bonds is 8. The predicted octanol–water partition coefficient (Wildman–Crippen LogP) is 4.78. The first kappa shape index (κ1) is 22.5. The summed E-state index contributed by atoms with van der Waals surface area (Å²) >= 11 is 0. The van der Waals surface area contributed by atoms with Gasteiger partial charge in [0.15, 0.2) is 12.4 Å². The molecule has 0 aliphatic heterocycles. The van der Waals surface area contributed by atoms with E-state index in [9.17, 15) is 14.4 Å². The van der Waals surface area contributed by atoms with Crippen LogP contribution in [0, 0.1) is 0 Å². The number of alkyl carbamates (subject to hydrolysis) is 1. The molecule has 1 aliphatic carbocycles. The molecule has 1 aliphatic rings. The lowest BCUT2D eigenvalue weighted by Gasteiger charge is -2.22. The summed E-state index contributed by atoms with van der Waals surface area (Å²) < 4.78 is 10.2. The van der Waals surface area contributed by atoms with Gasteiger partial charge in [-0.25, -0.2) is 9.59 Å². The van der Waals surface area contributed by atoms with E-state index in [0.717, 1.165) is 5.56 Å². The summed E-state index contributed by atoms with van der Waals surface area (Å²) in [4.78, 5) is 36.3. The Hall–Kier alpha value is -3.15. The zero-order chi connectivity index (χ0) is 22.1. The van der Waals surface area contributed by atoms with Gasteiger partial charge in [-0.2, -0.15) is 0 Å². The molecule has 3 rings (SSSR count). The van der Waals surface area contributed by atoms with Gasteiger partial charge >= 0.3 is 12.1 Å². The first-order chi connectivity index (χ1) is 15.0. The topological polar surface area (TPSA) is 81.7 Å². The third-order valence-corrected chi connectivity index (χ3v) is 5.56. The first-order valence-corrected chi connectivity index (χ1v) is 10.8. The minimum absolute atomic E-state index is 0.101. The fourth-order valence-electron chi connectivity index (χ4n) is 3.72. The van der Waals surface area contributed by atoms with Gasteiger partial charge < -0.3 is 14.8 Å². The summed E-state index contributed by atoms with van der Waals surface area (Å²) in [6.45, 7) is 1.21. The highest BCUT2D eigenvalue weighted by Crippen LogP contribution is 2.32. The van der Waals surface area contributed by atoms with Crippen molar-refractivity contribution in [2.75, 3.05) is 6.61 Å². The number of Topliss-reactive ketones (excluding diaryl/α,β-unsaturated/α-hetero) is 1. The van der Waals surface area contributed by atoms with Crippen molar-refractivity contribution in [2.45, 2.75) is 57.6 Å². The van der Waals surface area contributed by atoms with E-state index in [1.165, 1.54) is 44.6 Å². The average molecular weight is 424 g/mol. The maximum absolute atomic E-state index is 12.4. The van der Waals surface area contributed by atoms with Crippen molar-refractivity contribution in [1.29, 1.82) is 0 Å². The molecule has 31 heavy (non-hydrogen) atoms. The van der Waals surface area contributed by atoms with Crippen LogP contribution in [0.1, 0.15) is 66.4 Å². The molecule has 164 valence electrons. The van der Waals surface area contributed by atoms with E-state index in [1.54, 1.807) is 12.1 Å². The van der Waals surface area contributed by atoms with Crippen LogP contribution in [0.2, 0.25) is 0 Å². The number of nitrogens with one attached hydrogen (secondary N) is 1. The van der Waals surface area contributed by atoms with Crippen LogP contribution in [0.15, 0.2) is 54.6 Å². The molecule has 6 nitrogen and oxygen atoms in total. The van der Waals surface area contributed by atoms with Crippen molar-refractivity contribution in [2.24, 2.45) is 0 Å². The van der Waals surface area contributed by atoms with Crippen LogP contribution in [-0.2, 0) is 20.9 Å². The minimum Gasteiger partial charge on any atom is -0.456 e. The van der Waals surface area contributed by atoms with Gasteiger partial charge in [0.2, 0.25) is 0 Å². The van der Waals surface area contributed by atoms with E-state index in [4.69, 9.17) is 9.47 Å². The third kappa shape index (κ3) is 6.95. The summed E-state index contributed by atoms with van der Waals surface area (Å²) in [5.41, 5.74) is 2.61. The molecule has 1 amide bonds. The van der Waals surface area contributed by atoms with Crippen LogP contribution >= 0.6 is 0 Å². The number of ketones is 1.